The van der Waals surface area contributed by atoms with Crippen LogP contribution in [0.15, 0.2) is 46.2 Å². The molecule has 2 rings (SSSR count). The summed E-state index contributed by atoms with van der Waals surface area (Å²) < 4.78 is 0. The van der Waals surface area contributed by atoms with Crippen molar-refractivity contribution in [3.63, 3.8) is 0 Å². The fourth-order valence-electron chi connectivity index (χ4n) is 1.63. The first-order chi connectivity index (χ1) is 9.10. The summed E-state index contributed by atoms with van der Waals surface area (Å²) >= 11 is 19.9. The molecule has 0 atom stereocenters. The first-order valence-corrected chi connectivity index (χ1v) is 7.66. The Morgan fingerprint density at radius 2 is 1.74 bits per heavy atom. The largest absolute Gasteiger partial charge is 0.330 e. The van der Waals surface area contributed by atoms with Gasteiger partial charge in [0.2, 0.25) is 0 Å². The average Bonchev–Trinajstić information content (AvgIpc) is 2.37. The number of hydrogen-bond acceptors (Lipinski definition) is 2. The number of nitrogens with two attached hydrogens (primary N) is 1. The van der Waals surface area contributed by atoms with Gasteiger partial charge in [-0.2, -0.15) is 0 Å². The SMILES string of the molecule is NCCc1ccc(Sc2cc(Cl)ccc2Cl)cc1Cl. The van der Waals surface area contributed by atoms with E-state index in [-0.39, 0.29) is 0 Å². The van der Waals surface area contributed by atoms with Gasteiger partial charge in [0.25, 0.3) is 0 Å². The molecule has 0 aromatic heterocycles. The maximum atomic E-state index is 6.22. The summed E-state index contributed by atoms with van der Waals surface area (Å²) in [5, 5.41) is 2.07. The zero-order valence-corrected chi connectivity index (χ0v) is 13.1. The lowest BCUT2D eigenvalue weighted by molar-refractivity contribution is 0.967. The van der Waals surface area contributed by atoms with Gasteiger partial charge in [-0.05, 0) is 48.9 Å². The zero-order chi connectivity index (χ0) is 13.8. The van der Waals surface area contributed by atoms with Crippen molar-refractivity contribution in [2.45, 2.75) is 16.2 Å². The second kappa shape index (κ2) is 6.87. The molecule has 0 saturated carbocycles. The summed E-state index contributed by atoms with van der Waals surface area (Å²) in [6.45, 7) is 0.590. The molecule has 100 valence electrons. The van der Waals surface area contributed by atoms with E-state index in [1.165, 1.54) is 11.8 Å². The van der Waals surface area contributed by atoms with Gasteiger partial charge in [-0.1, -0.05) is 52.6 Å². The van der Waals surface area contributed by atoms with Crippen molar-refractivity contribution >= 4 is 46.6 Å². The number of benzene rings is 2. The highest BCUT2D eigenvalue weighted by molar-refractivity contribution is 7.99. The van der Waals surface area contributed by atoms with E-state index in [4.69, 9.17) is 40.5 Å². The molecule has 2 N–H and O–H groups in total. The summed E-state index contributed by atoms with van der Waals surface area (Å²) in [6.07, 6.45) is 0.779. The van der Waals surface area contributed by atoms with Gasteiger partial charge in [0.05, 0.1) is 5.02 Å². The van der Waals surface area contributed by atoms with Crippen molar-refractivity contribution in [2.75, 3.05) is 6.54 Å². The third-order valence-corrected chi connectivity index (χ3v) is 4.64. The van der Waals surface area contributed by atoms with E-state index < -0.39 is 0 Å². The molecule has 2 aromatic rings. The highest BCUT2D eigenvalue weighted by Crippen LogP contribution is 2.36. The third kappa shape index (κ3) is 4.04. The second-order valence-electron chi connectivity index (χ2n) is 3.97. The minimum absolute atomic E-state index is 0.590. The molecule has 0 radical (unpaired) electrons. The molecular formula is C14H12Cl3NS. The van der Waals surface area contributed by atoms with Crippen LogP contribution in [0.3, 0.4) is 0 Å². The lowest BCUT2D eigenvalue weighted by atomic mass is 10.1. The van der Waals surface area contributed by atoms with Crippen LogP contribution in [0.5, 0.6) is 0 Å². The Morgan fingerprint density at radius 1 is 0.947 bits per heavy atom. The normalized spacial score (nSPS) is 10.7. The van der Waals surface area contributed by atoms with Crippen LogP contribution in [0.1, 0.15) is 5.56 Å². The van der Waals surface area contributed by atoms with Crippen molar-refractivity contribution < 1.29 is 0 Å². The van der Waals surface area contributed by atoms with E-state index in [0.717, 1.165) is 26.8 Å². The number of hydrogen-bond donors (Lipinski definition) is 1. The molecule has 0 fully saturated rings. The van der Waals surface area contributed by atoms with E-state index in [2.05, 4.69) is 0 Å². The van der Waals surface area contributed by atoms with E-state index >= 15 is 0 Å². The smallest absolute Gasteiger partial charge is 0.0546 e. The lowest BCUT2D eigenvalue weighted by Crippen LogP contribution is -2.02. The van der Waals surface area contributed by atoms with Crippen LogP contribution in [0.25, 0.3) is 0 Å². The fourth-order valence-corrected chi connectivity index (χ4v) is 3.36. The summed E-state index contributed by atoms with van der Waals surface area (Å²) in [5.41, 5.74) is 6.59. The highest BCUT2D eigenvalue weighted by atomic mass is 35.5. The minimum Gasteiger partial charge on any atom is -0.330 e. The molecule has 1 nitrogen and oxygen atoms in total. The van der Waals surface area contributed by atoms with Gasteiger partial charge < -0.3 is 5.73 Å². The molecule has 0 amide bonds. The van der Waals surface area contributed by atoms with Crippen molar-refractivity contribution in [3.8, 4) is 0 Å². The predicted molar refractivity (Wildman–Crippen MR) is 84.8 cm³/mol. The Bertz CT molecular complexity index is 587. The topological polar surface area (TPSA) is 26.0 Å². The van der Waals surface area contributed by atoms with Gasteiger partial charge in [0.1, 0.15) is 0 Å². The summed E-state index contributed by atoms with van der Waals surface area (Å²) in [5.74, 6) is 0. The molecule has 5 heteroatoms. The van der Waals surface area contributed by atoms with Crippen molar-refractivity contribution in [3.05, 3.63) is 57.0 Å². The molecule has 0 aliphatic carbocycles. The van der Waals surface area contributed by atoms with Crippen LogP contribution in [0.4, 0.5) is 0 Å². The first-order valence-electron chi connectivity index (χ1n) is 5.71. The van der Waals surface area contributed by atoms with Crippen LogP contribution in [-0.2, 0) is 6.42 Å². The van der Waals surface area contributed by atoms with Gasteiger partial charge >= 0.3 is 0 Å². The van der Waals surface area contributed by atoms with Crippen LogP contribution < -0.4 is 5.73 Å². The van der Waals surface area contributed by atoms with E-state index in [1.54, 1.807) is 12.1 Å². The standard InChI is InChI=1S/C14H12Cl3NS/c15-10-2-4-12(16)14(7-10)19-11-3-1-9(5-6-18)13(17)8-11/h1-4,7-8H,5-6,18H2. The number of halogens is 3. The molecule has 0 aliphatic rings. The van der Waals surface area contributed by atoms with Gasteiger partial charge in [0, 0.05) is 19.8 Å². The maximum Gasteiger partial charge on any atom is 0.0546 e. The molecule has 0 spiro atoms. The van der Waals surface area contributed by atoms with E-state index in [0.29, 0.717) is 16.6 Å². The lowest BCUT2D eigenvalue weighted by Gasteiger charge is -2.08. The summed E-state index contributed by atoms with van der Waals surface area (Å²) in [6, 6.07) is 11.3. The fraction of sp³-hybridized carbons (Fsp3) is 0.143. The monoisotopic (exact) mass is 331 g/mol. The van der Waals surface area contributed by atoms with E-state index in [1.807, 2.05) is 24.3 Å². The first kappa shape index (κ1) is 15.0. The molecule has 0 unspecified atom stereocenters. The summed E-state index contributed by atoms with van der Waals surface area (Å²) in [4.78, 5) is 1.94. The van der Waals surface area contributed by atoms with Crippen molar-refractivity contribution in [2.24, 2.45) is 5.73 Å². The van der Waals surface area contributed by atoms with Crippen molar-refractivity contribution in [1.29, 1.82) is 0 Å². The molecule has 0 heterocycles. The third-order valence-electron chi connectivity index (χ3n) is 2.56. The Morgan fingerprint density at radius 3 is 2.42 bits per heavy atom. The van der Waals surface area contributed by atoms with Gasteiger partial charge in [0.15, 0.2) is 0 Å². The maximum absolute atomic E-state index is 6.22. The molecule has 19 heavy (non-hydrogen) atoms. The van der Waals surface area contributed by atoms with Gasteiger partial charge in [-0.25, -0.2) is 0 Å². The minimum atomic E-state index is 0.590. The van der Waals surface area contributed by atoms with Gasteiger partial charge in [-0.15, -0.1) is 0 Å². The second-order valence-corrected chi connectivity index (χ2v) is 6.33. The van der Waals surface area contributed by atoms with Gasteiger partial charge in [-0.3, -0.25) is 0 Å². The van der Waals surface area contributed by atoms with Crippen LogP contribution in [0.2, 0.25) is 15.1 Å². The Balaban J connectivity index is 2.24. The van der Waals surface area contributed by atoms with Crippen molar-refractivity contribution in [1.82, 2.24) is 0 Å². The Kier molecular flexibility index (Phi) is 5.43. The number of rotatable bonds is 4. The van der Waals surface area contributed by atoms with Crippen LogP contribution in [-0.4, -0.2) is 6.54 Å². The molecule has 0 saturated heterocycles. The highest BCUT2D eigenvalue weighted by Gasteiger charge is 2.06. The predicted octanol–water partition coefficient (Wildman–Crippen LogP) is 5.30. The zero-order valence-electron chi connectivity index (χ0n) is 10.00. The Hall–Kier alpha value is -0.380. The van der Waals surface area contributed by atoms with E-state index in [9.17, 15) is 0 Å². The summed E-state index contributed by atoms with van der Waals surface area (Å²) in [7, 11) is 0. The van der Waals surface area contributed by atoms with Crippen LogP contribution in [0, 0.1) is 0 Å². The Labute approximate surface area is 132 Å². The molecule has 0 bridgehead atoms. The quantitative estimate of drug-likeness (QED) is 0.822. The average molecular weight is 333 g/mol. The molecule has 2 aromatic carbocycles. The molecule has 0 aliphatic heterocycles. The van der Waals surface area contributed by atoms with Crippen LogP contribution >= 0.6 is 46.6 Å². The molecular weight excluding hydrogens is 321 g/mol.